The van der Waals surface area contributed by atoms with E-state index in [0.717, 1.165) is 11.2 Å². The van der Waals surface area contributed by atoms with Crippen LogP contribution in [0.25, 0.3) is 5.65 Å². The fourth-order valence-electron chi connectivity index (χ4n) is 4.31. The van der Waals surface area contributed by atoms with Crippen LogP contribution in [0.2, 0.25) is 0 Å². The summed E-state index contributed by atoms with van der Waals surface area (Å²) < 4.78 is 7.36. The molecule has 8 nitrogen and oxygen atoms in total. The van der Waals surface area contributed by atoms with Crippen molar-refractivity contribution < 1.29 is 14.3 Å². The van der Waals surface area contributed by atoms with Crippen molar-refractivity contribution in [3.8, 4) is 0 Å². The van der Waals surface area contributed by atoms with Crippen molar-refractivity contribution in [1.29, 1.82) is 0 Å². The lowest BCUT2D eigenvalue weighted by Gasteiger charge is -2.27. The molecule has 1 N–H and O–H groups in total. The van der Waals surface area contributed by atoms with E-state index in [4.69, 9.17) is 4.74 Å². The van der Waals surface area contributed by atoms with Gasteiger partial charge in [0.05, 0.1) is 5.54 Å². The molecule has 2 unspecified atom stereocenters. The third-order valence-corrected chi connectivity index (χ3v) is 5.77. The first kappa shape index (κ1) is 19.7. The van der Waals surface area contributed by atoms with Gasteiger partial charge in [0.2, 0.25) is 5.91 Å². The maximum atomic E-state index is 12.9. The Morgan fingerprint density at radius 3 is 2.41 bits per heavy atom. The molecular weight excluding hydrogens is 370 g/mol. The Hall–Kier alpha value is -2.64. The van der Waals surface area contributed by atoms with Crippen molar-refractivity contribution in [3.63, 3.8) is 0 Å². The number of piperidine rings is 1. The average Bonchev–Trinajstić information content (AvgIpc) is 2.96. The molecule has 0 radical (unpaired) electrons. The van der Waals surface area contributed by atoms with E-state index in [1.54, 1.807) is 4.90 Å². The molecule has 2 fully saturated rings. The van der Waals surface area contributed by atoms with Crippen LogP contribution in [0.5, 0.6) is 0 Å². The first-order valence-electron chi connectivity index (χ1n) is 10.1. The molecule has 2 amide bonds. The topological polar surface area (TPSA) is 88.8 Å². The Kier molecular flexibility index (Phi) is 4.36. The van der Waals surface area contributed by atoms with Gasteiger partial charge in [-0.25, -0.2) is 4.79 Å². The smallest absolute Gasteiger partial charge is 0.410 e. The first-order valence-corrected chi connectivity index (χ1v) is 10.1. The lowest BCUT2D eigenvalue weighted by molar-refractivity contribution is -0.125. The quantitative estimate of drug-likeness (QED) is 0.857. The van der Waals surface area contributed by atoms with Gasteiger partial charge in [0.1, 0.15) is 5.60 Å². The first-order chi connectivity index (χ1) is 13.5. The standard InChI is InChI=1S/C21H29N5O3/c1-12-8-7-9-26-16(12)23-24-18(26)21(5,6)22-17(27)15-13-10-25(11-14(13)15)19(28)29-20(2,3)4/h7-9,13-15H,10-11H2,1-6H3,(H,22,27). The van der Waals surface area contributed by atoms with Crippen LogP contribution in [0, 0.1) is 24.7 Å². The minimum absolute atomic E-state index is 0.0123. The summed E-state index contributed by atoms with van der Waals surface area (Å²) in [6.45, 7) is 12.6. The molecule has 8 heteroatoms. The highest BCUT2D eigenvalue weighted by atomic mass is 16.6. The third-order valence-electron chi connectivity index (χ3n) is 5.77. The van der Waals surface area contributed by atoms with Crippen molar-refractivity contribution >= 4 is 17.6 Å². The number of carbonyl (C=O) groups excluding carboxylic acids is 2. The van der Waals surface area contributed by atoms with E-state index in [-0.39, 0.29) is 29.8 Å². The molecular formula is C21H29N5O3. The number of carbonyl (C=O) groups is 2. The summed E-state index contributed by atoms with van der Waals surface area (Å²) in [5.41, 5.74) is 0.657. The van der Waals surface area contributed by atoms with Gasteiger partial charge in [0.25, 0.3) is 0 Å². The van der Waals surface area contributed by atoms with Crippen molar-refractivity contribution in [3.05, 3.63) is 29.7 Å². The summed E-state index contributed by atoms with van der Waals surface area (Å²) in [5.74, 6) is 1.06. The van der Waals surface area contributed by atoms with E-state index >= 15 is 0 Å². The Bertz CT molecular complexity index is 962. The van der Waals surface area contributed by atoms with Crippen LogP contribution in [0.15, 0.2) is 18.3 Å². The zero-order chi connectivity index (χ0) is 21.1. The highest BCUT2D eigenvalue weighted by Gasteiger charge is 2.61. The van der Waals surface area contributed by atoms with Gasteiger partial charge in [0, 0.05) is 25.2 Å². The summed E-state index contributed by atoms with van der Waals surface area (Å²) in [6, 6.07) is 3.94. The lowest BCUT2D eigenvalue weighted by Crippen LogP contribution is -2.45. The number of nitrogens with zero attached hydrogens (tertiary/aromatic N) is 4. The average molecular weight is 399 g/mol. The van der Waals surface area contributed by atoms with E-state index in [9.17, 15) is 9.59 Å². The number of aryl methyl sites for hydroxylation is 1. The van der Waals surface area contributed by atoms with Gasteiger partial charge in [-0.05, 0) is 65.0 Å². The molecule has 1 aliphatic heterocycles. The van der Waals surface area contributed by atoms with Gasteiger partial charge in [0.15, 0.2) is 11.5 Å². The van der Waals surface area contributed by atoms with E-state index in [2.05, 4.69) is 15.5 Å². The van der Waals surface area contributed by atoms with Crippen molar-refractivity contribution in [2.45, 2.75) is 52.7 Å². The van der Waals surface area contributed by atoms with E-state index in [0.29, 0.717) is 18.9 Å². The minimum Gasteiger partial charge on any atom is -0.444 e. The molecule has 4 rings (SSSR count). The summed E-state index contributed by atoms with van der Waals surface area (Å²) in [5, 5.41) is 11.7. The van der Waals surface area contributed by atoms with Crippen LogP contribution in [-0.2, 0) is 15.1 Å². The Balaban J connectivity index is 1.40. The Labute approximate surface area is 170 Å². The number of hydrogen-bond donors (Lipinski definition) is 1. The SMILES string of the molecule is Cc1cccn2c(C(C)(C)NC(=O)C3C4CN(C(=O)OC(C)(C)C)CC43)nnc12. The van der Waals surface area contributed by atoms with Gasteiger partial charge in [-0.15, -0.1) is 10.2 Å². The summed E-state index contributed by atoms with van der Waals surface area (Å²) in [4.78, 5) is 26.9. The van der Waals surface area contributed by atoms with Gasteiger partial charge >= 0.3 is 6.09 Å². The molecule has 3 heterocycles. The van der Waals surface area contributed by atoms with Crippen LogP contribution in [-0.4, -0.2) is 50.2 Å². The molecule has 2 aromatic heterocycles. The second-order valence-electron chi connectivity index (χ2n) is 9.76. The maximum Gasteiger partial charge on any atom is 0.410 e. The summed E-state index contributed by atoms with van der Waals surface area (Å²) >= 11 is 0. The molecule has 2 aromatic rings. The van der Waals surface area contributed by atoms with Crippen LogP contribution >= 0.6 is 0 Å². The monoisotopic (exact) mass is 399 g/mol. The largest absolute Gasteiger partial charge is 0.444 e. The van der Waals surface area contributed by atoms with Crippen molar-refractivity contribution in [2.24, 2.45) is 17.8 Å². The van der Waals surface area contributed by atoms with Gasteiger partial charge in [-0.2, -0.15) is 0 Å². The molecule has 0 aromatic carbocycles. The van der Waals surface area contributed by atoms with Crippen molar-refractivity contribution in [1.82, 2.24) is 24.8 Å². The highest BCUT2D eigenvalue weighted by molar-refractivity contribution is 5.84. The normalized spacial score (nSPS) is 23.8. The molecule has 29 heavy (non-hydrogen) atoms. The highest BCUT2D eigenvalue weighted by Crippen LogP contribution is 2.52. The van der Waals surface area contributed by atoms with Gasteiger partial charge < -0.3 is 15.0 Å². The van der Waals surface area contributed by atoms with Crippen LogP contribution in [0.1, 0.15) is 46.0 Å². The van der Waals surface area contributed by atoms with Crippen molar-refractivity contribution in [2.75, 3.05) is 13.1 Å². The van der Waals surface area contributed by atoms with Crippen LogP contribution in [0.3, 0.4) is 0 Å². The number of pyridine rings is 1. The van der Waals surface area contributed by atoms with E-state index in [1.165, 1.54) is 0 Å². The summed E-state index contributed by atoms with van der Waals surface area (Å²) in [6.07, 6.45) is 1.62. The zero-order valence-electron chi connectivity index (χ0n) is 17.9. The zero-order valence-corrected chi connectivity index (χ0v) is 17.9. The molecule has 2 atom stereocenters. The third kappa shape index (κ3) is 3.56. The van der Waals surface area contributed by atoms with E-state index in [1.807, 2.05) is 64.3 Å². The Morgan fingerprint density at radius 1 is 1.14 bits per heavy atom. The molecule has 0 bridgehead atoms. The predicted molar refractivity (Wildman–Crippen MR) is 107 cm³/mol. The molecule has 1 saturated carbocycles. The fourth-order valence-corrected chi connectivity index (χ4v) is 4.31. The number of hydrogen-bond acceptors (Lipinski definition) is 5. The number of aromatic nitrogens is 3. The number of nitrogens with one attached hydrogen (secondary N) is 1. The number of fused-ring (bicyclic) bond motifs is 2. The molecule has 2 aliphatic rings. The number of likely N-dealkylation sites (tertiary alicyclic amines) is 1. The molecule has 1 saturated heterocycles. The molecule has 0 spiro atoms. The lowest BCUT2D eigenvalue weighted by atomic mass is 10.0. The second-order valence-corrected chi connectivity index (χ2v) is 9.76. The predicted octanol–water partition coefficient (Wildman–Crippen LogP) is 2.50. The number of ether oxygens (including phenoxy) is 1. The van der Waals surface area contributed by atoms with Gasteiger partial charge in [-0.3, -0.25) is 9.20 Å². The van der Waals surface area contributed by atoms with Crippen LogP contribution < -0.4 is 5.32 Å². The summed E-state index contributed by atoms with van der Waals surface area (Å²) in [7, 11) is 0. The molecule has 1 aliphatic carbocycles. The van der Waals surface area contributed by atoms with Crippen LogP contribution in [0.4, 0.5) is 4.79 Å². The Morgan fingerprint density at radius 2 is 1.79 bits per heavy atom. The maximum absolute atomic E-state index is 12.9. The fraction of sp³-hybridized carbons (Fsp3) is 0.619. The minimum atomic E-state index is -0.661. The number of rotatable bonds is 3. The second kappa shape index (κ2) is 6.43. The molecule has 156 valence electrons. The number of amides is 2. The van der Waals surface area contributed by atoms with Gasteiger partial charge in [-0.1, -0.05) is 6.07 Å². The van der Waals surface area contributed by atoms with E-state index < -0.39 is 11.1 Å².